The van der Waals surface area contributed by atoms with Crippen LogP contribution >= 0.6 is 11.3 Å². The Hall–Kier alpha value is -0.980. The van der Waals surface area contributed by atoms with Crippen molar-refractivity contribution in [3.63, 3.8) is 0 Å². The van der Waals surface area contributed by atoms with Gasteiger partial charge in [0.2, 0.25) is 5.01 Å². The third-order valence-corrected chi connectivity index (χ3v) is 4.90. The van der Waals surface area contributed by atoms with Gasteiger partial charge in [0.05, 0.1) is 12.3 Å². The number of hydrogen-bond donors (Lipinski definition) is 1. The summed E-state index contributed by atoms with van der Waals surface area (Å²) in [6, 6.07) is 0.956. The molecule has 2 rings (SSSR count). The second kappa shape index (κ2) is 7.87. The molecule has 1 aromatic rings. The SMILES string of the molecule is CCOC(=O)c1nc(CN(CC)C2CCC(N)CC2)cs1. The van der Waals surface area contributed by atoms with E-state index in [0.717, 1.165) is 44.5 Å². The van der Waals surface area contributed by atoms with Crippen molar-refractivity contribution in [3.05, 3.63) is 16.1 Å². The normalized spacial score (nSPS) is 22.5. The fraction of sp³-hybridized carbons (Fsp3) is 0.733. The number of aromatic nitrogens is 1. The van der Waals surface area contributed by atoms with E-state index in [1.165, 1.54) is 11.3 Å². The average Bonchev–Trinajstić information content (AvgIpc) is 2.95. The Morgan fingerprint density at radius 1 is 1.43 bits per heavy atom. The summed E-state index contributed by atoms with van der Waals surface area (Å²) >= 11 is 1.36. The highest BCUT2D eigenvalue weighted by atomic mass is 32.1. The van der Waals surface area contributed by atoms with Crippen LogP contribution in [-0.2, 0) is 11.3 Å². The maximum Gasteiger partial charge on any atom is 0.367 e. The standard InChI is InChI=1S/C15H25N3O2S/c1-3-18(13-7-5-11(16)6-8-13)9-12-10-21-14(17-12)15(19)20-4-2/h10-11,13H,3-9,16H2,1-2H3. The Morgan fingerprint density at radius 2 is 2.14 bits per heavy atom. The highest BCUT2D eigenvalue weighted by molar-refractivity contribution is 7.11. The molecule has 1 aliphatic carbocycles. The summed E-state index contributed by atoms with van der Waals surface area (Å²) in [6.45, 7) is 6.15. The van der Waals surface area contributed by atoms with Crippen LogP contribution in [0.3, 0.4) is 0 Å². The van der Waals surface area contributed by atoms with Gasteiger partial charge >= 0.3 is 5.97 Å². The molecule has 118 valence electrons. The maximum atomic E-state index is 11.6. The molecule has 0 aromatic carbocycles. The number of carbonyl (C=O) groups is 1. The molecular formula is C15H25N3O2S. The second-order valence-corrected chi connectivity index (χ2v) is 6.35. The van der Waals surface area contributed by atoms with E-state index in [1.54, 1.807) is 6.92 Å². The van der Waals surface area contributed by atoms with Gasteiger partial charge in [-0.25, -0.2) is 9.78 Å². The lowest BCUT2D eigenvalue weighted by molar-refractivity contribution is 0.0525. The van der Waals surface area contributed by atoms with Crippen LogP contribution in [0.15, 0.2) is 5.38 Å². The summed E-state index contributed by atoms with van der Waals surface area (Å²) in [5, 5.41) is 2.41. The van der Waals surface area contributed by atoms with Gasteiger partial charge in [-0.1, -0.05) is 6.92 Å². The molecular weight excluding hydrogens is 286 g/mol. The van der Waals surface area contributed by atoms with Crippen LogP contribution in [0.4, 0.5) is 0 Å². The molecule has 0 radical (unpaired) electrons. The monoisotopic (exact) mass is 311 g/mol. The van der Waals surface area contributed by atoms with E-state index in [-0.39, 0.29) is 5.97 Å². The van der Waals surface area contributed by atoms with Gasteiger partial charge in [-0.3, -0.25) is 4.90 Å². The molecule has 0 saturated heterocycles. The smallest absolute Gasteiger partial charge is 0.367 e. The minimum Gasteiger partial charge on any atom is -0.461 e. The first kappa shape index (κ1) is 16.4. The van der Waals surface area contributed by atoms with Gasteiger partial charge in [0, 0.05) is 24.0 Å². The largest absolute Gasteiger partial charge is 0.461 e. The van der Waals surface area contributed by atoms with E-state index < -0.39 is 0 Å². The topological polar surface area (TPSA) is 68.5 Å². The van der Waals surface area contributed by atoms with Crippen molar-refractivity contribution in [1.82, 2.24) is 9.88 Å². The predicted molar refractivity (Wildman–Crippen MR) is 84.4 cm³/mol. The van der Waals surface area contributed by atoms with Gasteiger partial charge in [0.1, 0.15) is 0 Å². The number of esters is 1. The zero-order valence-electron chi connectivity index (χ0n) is 12.9. The molecule has 1 aliphatic rings. The number of hydrogen-bond acceptors (Lipinski definition) is 6. The van der Waals surface area contributed by atoms with Crippen molar-refractivity contribution in [2.45, 2.75) is 58.2 Å². The Bertz CT molecular complexity index is 456. The van der Waals surface area contributed by atoms with Crippen LogP contribution in [0.5, 0.6) is 0 Å². The quantitative estimate of drug-likeness (QED) is 0.817. The fourth-order valence-corrected chi connectivity index (χ4v) is 3.54. The van der Waals surface area contributed by atoms with Crippen LogP contribution in [0.2, 0.25) is 0 Å². The maximum absolute atomic E-state index is 11.6. The van der Waals surface area contributed by atoms with Crippen molar-refractivity contribution in [2.24, 2.45) is 5.73 Å². The number of carbonyl (C=O) groups excluding carboxylic acids is 1. The molecule has 0 aliphatic heterocycles. The molecule has 1 fully saturated rings. The van der Waals surface area contributed by atoms with Crippen LogP contribution in [-0.4, -0.2) is 41.1 Å². The number of ether oxygens (including phenoxy) is 1. The molecule has 0 atom stereocenters. The lowest BCUT2D eigenvalue weighted by Gasteiger charge is -2.35. The summed E-state index contributed by atoms with van der Waals surface area (Å²) in [5.74, 6) is -0.319. The Labute approximate surface area is 130 Å². The summed E-state index contributed by atoms with van der Waals surface area (Å²) in [6.07, 6.45) is 4.52. The van der Waals surface area contributed by atoms with Crippen molar-refractivity contribution in [2.75, 3.05) is 13.2 Å². The number of thiazole rings is 1. The van der Waals surface area contributed by atoms with Crippen molar-refractivity contribution in [1.29, 1.82) is 0 Å². The molecule has 5 nitrogen and oxygen atoms in total. The van der Waals surface area contributed by atoms with E-state index in [4.69, 9.17) is 10.5 Å². The molecule has 1 aromatic heterocycles. The van der Waals surface area contributed by atoms with Crippen LogP contribution < -0.4 is 5.73 Å². The van der Waals surface area contributed by atoms with E-state index in [2.05, 4.69) is 16.8 Å². The van der Waals surface area contributed by atoms with Gasteiger partial charge in [0.15, 0.2) is 0 Å². The summed E-state index contributed by atoms with van der Waals surface area (Å²) in [7, 11) is 0. The average molecular weight is 311 g/mol. The third kappa shape index (κ3) is 4.49. The van der Waals surface area contributed by atoms with Crippen LogP contribution in [0.25, 0.3) is 0 Å². The molecule has 0 bridgehead atoms. The molecule has 1 heterocycles. The van der Waals surface area contributed by atoms with Crippen LogP contribution in [0.1, 0.15) is 55.0 Å². The Kier molecular flexibility index (Phi) is 6.14. The van der Waals surface area contributed by atoms with Crippen LogP contribution in [0, 0.1) is 0 Å². The first-order valence-electron chi connectivity index (χ1n) is 7.75. The number of nitrogens with two attached hydrogens (primary N) is 1. The minimum atomic E-state index is -0.319. The number of nitrogens with zero attached hydrogens (tertiary/aromatic N) is 2. The Balaban J connectivity index is 1.94. The van der Waals surface area contributed by atoms with Crippen molar-refractivity contribution >= 4 is 17.3 Å². The molecule has 0 amide bonds. The first-order valence-corrected chi connectivity index (χ1v) is 8.63. The number of rotatable bonds is 6. The second-order valence-electron chi connectivity index (χ2n) is 5.50. The molecule has 1 saturated carbocycles. The van der Waals surface area contributed by atoms with E-state index in [9.17, 15) is 4.79 Å². The highest BCUT2D eigenvalue weighted by Crippen LogP contribution is 2.24. The van der Waals surface area contributed by atoms with Gasteiger partial charge in [-0.15, -0.1) is 11.3 Å². The lowest BCUT2D eigenvalue weighted by Crippen LogP contribution is -2.40. The van der Waals surface area contributed by atoms with Gasteiger partial charge < -0.3 is 10.5 Å². The molecule has 0 unspecified atom stereocenters. The summed E-state index contributed by atoms with van der Waals surface area (Å²) < 4.78 is 4.98. The molecule has 2 N–H and O–H groups in total. The zero-order valence-corrected chi connectivity index (χ0v) is 13.7. The molecule has 21 heavy (non-hydrogen) atoms. The highest BCUT2D eigenvalue weighted by Gasteiger charge is 2.24. The third-order valence-electron chi connectivity index (χ3n) is 4.03. The minimum absolute atomic E-state index is 0.319. The Morgan fingerprint density at radius 3 is 2.76 bits per heavy atom. The fourth-order valence-electron chi connectivity index (χ4n) is 2.84. The van der Waals surface area contributed by atoms with Gasteiger partial charge in [-0.2, -0.15) is 0 Å². The van der Waals surface area contributed by atoms with Gasteiger partial charge in [0.25, 0.3) is 0 Å². The first-order chi connectivity index (χ1) is 10.1. The van der Waals surface area contributed by atoms with Gasteiger partial charge in [-0.05, 0) is 39.2 Å². The molecule has 6 heteroatoms. The lowest BCUT2D eigenvalue weighted by atomic mass is 9.90. The summed E-state index contributed by atoms with van der Waals surface area (Å²) in [4.78, 5) is 18.5. The van der Waals surface area contributed by atoms with Crippen molar-refractivity contribution in [3.8, 4) is 0 Å². The molecule has 0 spiro atoms. The zero-order chi connectivity index (χ0) is 15.2. The predicted octanol–water partition coefficient (Wildman–Crippen LogP) is 2.41. The van der Waals surface area contributed by atoms with E-state index in [1.807, 2.05) is 5.38 Å². The van der Waals surface area contributed by atoms with E-state index in [0.29, 0.717) is 23.7 Å². The van der Waals surface area contributed by atoms with E-state index >= 15 is 0 Å². The summed E-state index contributed by atoms with van der Waals surface area (Å²) in [5.41, 5.74) is 6.93. The van der Waals surface area contributed by atoms with Crippen molar-refractivity contribution < 1.29 is 9.53 Å².